The number of sulfone groups is 1. The Morgan fingerprint density at radius 2 is 1.90 bits per heavy atom. The number of rotatable bonds is 4. The van der Waals surface area contributed by atoms with Gasteiger partial charge in [0.1, 0.15) is 16.5 Å². The molecule has 30 heavy (non-hydrogen) atoms. The van der Waals surface area contributed by atoms with Crippen molar-refractivity contribution in [2.45, 2.75) is 24.8 Å². The van der Waals surface area contributed by atoms with Crippen LogP contribution in [-0.4, -0.2) is 45.3 Å². The Labute approximate surface area is 178 Å². The van der Waals surface area contributed by atoms with Crippen molar-refractivity contribution >= 4 is 42.2 Å². The highest BCUT2D eigenvalue weighted by Gasteiger charge is 2.32. The minimum atomic E-state index is -3.65. The maximum atomic E-state index is 14.0. The predicted octanol–water partition coefficient (Wildman–Crippen LogP) is 4.33. The van der Waals surface area contributed by atoms with Gasteiger partial charge >= 0.3 is 0 Å². The zero-order valence-corrected chi connectivity index (χ0v) is 18.6. The van der Waals surface area contributed by atoms with Gasteiger partial charge in [-0.05, 0) is 42.3 Å². The zero-order chi connectivity index (χ0) is 21.6. The van der Waals surface area contributed by atoms with Crippen molar-refractivity contribution in [3.8, 4) is 0 Å². The van der Waals surface area contributed by atoms with Crippen molar-refractivity contribution in [1.29, 1.82) is 0 Å². The summed E-state index contributed by atoms with van der Waals surface area (Å²) in [6.45, 7) is 6.22. The molecule has 1 aliphatic rings. The van der Waals surface area contributed by atoms with Gasteiger partial charge in [-0.3, -0.25) is 0 Å². The normalized spacial score (nSPS) is 17.9. The fourth-order valence-electron chi connectivity index (χ4n) is 3.83. The lowest BCUT2D eigenvalue weighted by atomic mass is 9.99. The number of nitrogens with zero attached hydrogens (tertiary/aromatic N) is 3. The Morgan fingerprint density at radius 1 is 1.13 bits per heavy atom. The summed E-state index contributed by atoms with van der Waals surface area (Å²) < 4.78 is 52.2. The molecular weight excluding hydrogens is 428 g/mol. The van der Waals surface area contributed by atoms with Crippen molar-refractivity contribution in [2.75, 3.05) is 35.7 Å². The molecule has 0 unspecified atom stereocenters. The van der Waals surface area contributed by atoms with Gasteiger partial charge in [0, 0.05) is 31.6 Å². The lowest BCUT2D eigenvalue weighted by molar-refractivity contribution is 0.418. The van der Waals surface area contributed by atoms with Gasteiger partial charge in [-0.15, -0.1) is 0 Å². The molecule has 2 heterocycles. The Kier molecular flexibility index (Phi) is 5.44. The molecule has 0 amide bonds. The van der Waals surface area contributed by atoms with Crippen LogP contribution in [0.2, 0.25) is 0 Å². The van der Waals surface area contributed by atoms with Gasteiger partial charge in [0.05, 0.1) is 16.3 Å². The molecule has 1 aliphatic heterocycles. The van der Waals surface area contributed by atoms with E-state index < -0.39 is 15.7 Å². The van der Waals surface area contributed by atoms with Crippen LogP contribution in [0.15, 0.2) is 41.3 Å². The molecule has 0 saturated carbocycles. The van der Waals surface area contributed by atoms with Gasteiger partial charge < -0.3 is 9.80 Å². The molecule has 1 fully saturated rings. The van der Waals surface area contributed by atoms with Crippen LogP contribution < -0.4 is 9.80 Å². The highest BCUT2D eigenvalue weighted by molar-refractivity contribution is 7.90. The molecule has 1 atom stereocenters. The van der Waals surface area contributed by atoms with E-state index in [1.54, 1.807) is 12.1 Å². The van der Waals surface area contributed by atoms with E-state index in [4.69, 9.17) is 4.98 Å². The predicted molar refractivity (Wildman–Crippen MR) is 117 cm³/mol. The van der Waals surface area contributed by atoms with E-state index in [1.165, 1.54) is 35.6 Å². The van der Waals surface area contributed by atoms with Crippen LogP contribution in [-0.2, 0) is 9.84 Å². The van der Waals surface area contributed by atoms with Crippen molar-refractivity contribution in [3.63, 3.8) is 0 Å². The number of thiazole rings is 1. The van der Waals surface area contributed by atoms with Crippen LogP contribution in [0.25, 0.3) is 10.2 Å². The third-order valence-corrected chi connectivity index (χ3v) is 7.62. The number of piperazine rings is 1. The van der Waals surface area contributed by atoms with Crippen molar-refractivity contribution < 1.29 is 17.2 Å². The Hall–Kier alpha value is -2.26. The van der Waals surface area contributed by atoms with Crippen LogP contribution in [0.1, 0.15) is 13.8 Å². The topological polar surface area (TPSA) is 53.5 Å². The second-order valence-corrected chi connectivity index (χ2v) is 10.9. The molecule has 1 saturated heterocycles. The summed E-state index contributed by atoms with van der Waals surface area (Å²) in [5.74, 6) is -0.714. The lowest BCUT2D eigenvalue weighted by Crippen LogP contribution is -2.55. The Morgan fingerprint density at radius 3 is 2.60 bits per heavy atom. The van der Waals surface area contributed by atoms with E-state index in [1.807, 2.05) is 0 Å². The highest BCUT2D eigenvalue weighted by Crippen LogP contribution is 2.34. The van der Waals surface area contributed by atoms with Gasteiger partial charge in [0.25, 0.3) is 0 Å². The smallest absolute Gasteiger partial charge is 0.186 e. The highest BCUT2D eigenvalue weighted by atomic mass is 32.2. The largest absolute Gasteiger partial charge is 0.368 e. The summed E-state index contributed by atoms with van der Waals surface area (Å²) in [5, 5.41) is 0.852. The molecule has 0 radical (unpaired) electrons. The van der Waals surface area contributed by atoms with Crippen LogP contribution in [0.3, 0.4) is 0 Å². The molecule has 9 heteroatoms. The second kappa shape index (κ2) is 7.77. The average molecular weight is 452 g/mol. The molecule has 2 aromatic carbocycles. The summed E-state index contributed by atoms with van der Waals surface area (Å²) in [7, 11) is -3.65. The molecule has 1 aromatic heterocycles. The van der Waals surface area contributed by atoms with Crippen LogP contribution >= 0.6 is 11.3 Å². The molecule has 0 spiro atoms. The molecule has 160 valence electrons. The molecule has 0 bridgehead atoms. The standard InChI is InChI=1S/C21H23F2N3O2S2/c1-13(2)18-12-25(15-5-6-16(23)20(11-15)30(3,27)28)8-9-26(18)21-24-17-7-4-14(22)10-19(17)29-21/h4-7,10-11,13,18H,8-9,12H2,1-3H3/t18-/m0/s1. The minimum absolute atomic E-state index is 0.121. The molecule has 0 N–H and O–H groups in total. The summed E-state index contributed by atoms with van der Waals surface area (Å²) in [4.78, 5) is 8.74. The van der Waals surface area contributed by atoms with E-state index in [0.717, 1.165) is 21.6 Å². The summed E-state index contributed by atoms with van der Waals surface area (Å²) in [6.07, 6.45) is 1.01. The minimum Gasteiger partial charge on any atom is -0.368 e. The lowest BCUT2D eigenvalue weighted by Gasteiger charge is -2.44. The van der Waals surface area contributed by atoms with Crippen LogP contribution in [0.5, 0.6) is 0 Å². The number of halogens is 2. The van der Waals surface area contributed by atoms with Crippen LogP contribution in [0.4, 0.5) is 19.6 Å². The van der Waals surface area contributed by atoms with Crippen molar-refractivity contribution in [2.24, 2.45) is 5.92 Å². The van der Waals surface area contributed by atoms with Crippen LogP contribution in [0, 0.1) is 17.6 Å². The first kappa shape index (κ1) is 21.0. The molecule has 5 nitrogen and oxygen atoms in total. The van der Waals surface area contributed by atoms with Gasteiger partial charge in [-0.1, -0.05) is 25.2 Å². The zero-order valence-electron chi connectivity index (χ0n) is 17.0. The number of hydrogen-bond donors (Lipinski definition) is 0. The van der Waals surface area contributed by atoms with Crippen molar-refractivity contribution in [1.82, 2.24) is 4.98 Å². The van der Waals surface area contributed by atoms with E-state index in [0.29, 0.717) is 31.2 Å². The van der Waals surface area contributed by atoms with Gasteiger partial charge in [-0.25, -0.2) is 22.2 Å². The van der Waals surface area contributed by atoms with E-state index in [-0.39, 0.29) is 16.8 Å². The third-order valence-electron chi connectivity index (χ3n) is 5.45. The number of anilines is 2. The van der Waals surface area contributed by atoms with E-state index in [2.05, 4.69) is 23.6 Å². The van der Waals surface area contributed by atoms with E-state index >= 15 is 0 Å². The molecular formula is C21H23F2N3O2S2. The first-order valence-electron chi connectivity index (χ1n) is 9.71. The quantitative estimate of drug-likeness (QED) is 0.591. The van der Waals surface area contributed by atoms with Gasteiger partial charge in [-0.2, -0.15) is 0 Å². The number of benzene rings is 2. The van der Waals surface area contributed by atoms with Gasteiger partial charge in [0.15, 0.2) is 15.0 Å². The summed E-state index contributed by atoms with van der Waals surface area (Å²) >= 11 is 1.47. The fraction of sp³-hybridized carbons (Fsp3) is 0.381. The second-order valence-electron chi connectivity index (χ2n) is 7.95. The average Bonchev–Trinajstić information content (AvgIpc) is 3.10. The van der Waals surface area contributed by atoms with Gasteiger partial charge in [0.2, 0.25) is 0 Å². The number of fused-ring (bicyclic) bond motifs is 1. The Balaban J connectivity index is 1.64. The number of aromatic nitrogens is 1. The third kappa shape index (κ3) is 4.00. The first-order valence-corrected chi connectivity index (χ1v) is 12.4. The monoisotopic (exact) mass is 451 g/mol. The SMILES string of the molecule is CC(C)[C@@H]1CN(c2ccc(F)c(S(C)(=O)=O)c2)CCN1c1nc2ccc(F)cc2s1. The molecule has 3 aromatic rings. The maximum Gasteiger partial charge on any atom is 0.186 e. The molecule has 0 aliphatic carbocycles. The van der Waals surface area contributed by atoms with Crippen molar-refractivity contribution in [3.05, 3.63) is 48.0 Å². The Bertz CT molecular complexity index is 1190. The summed E-state index contributed by atoms with van der Waals surface area (Å²) in [5.41, 5.74) is 1.46. The molecule has 4 rings (SSSR count). The maximum absolute atomic E-state index is 14.0. The fourth-order valence-corrected chi connectivity index (χ4v) is 5.67. The number of hydrogen-bond acceptors (Lipinski definition) is 6. The van der Waals surface area contributed by atoms with E-state index in [9.17, 15) is 17.2 Å². The first-order chi connectivity index (χ1) is 14.1. The summed E-state index contributed by atoms with van der Waals surface area (Å²) in [6, 6.07) is 8.98.